The van der Waals surface area contributed by atoms with Crippen molar-refractivity contribution in [3.05, 3.63) is 24.0 Å². The molecule has 1 N–H and O–H groups in total. The Balaban J connectivity index is 1.46. The molecule has 0 unspecified atom stereocenters. The van der Waals surface area contributed by atoms with E-state index in [-0.39, 0.29) is 16.6 Å². The van der Waals surface area contributed by atoms with Gasteiger partial charge in [0.15, 0.2) is 5.16 Å². The van der Waals surface area contributed by atoms with Gasteiger partial charge in [-0.05, 0) is 50.8 Å². The second kappa shape index (κ2) is 10.4. The van der Waals surface area contributed by atoms with Gasteiger partial charge in [0.05, 0.1) is 23.4 Å². The minimum Gasteiger partial charge on any atom is -0.495 e. The number of amides is 1. The Kier molecular flexibility index (Phi) is 7.60. The minimum atomic E-state index is -3.63. The third kappa shape index (κ3) is 5.52. The lowest BCUT2D eigenvalue weighted by Crippen LogP contribution is -2.32. The quantitative estimate of drug-likeness (QED) is 0.533. The van der Waals surface area contributed by atoms with Crippen LogP contribution in [0.4, 0.5) is 5.69 Å². The lowest BCUT2D eigenvalue weighted by atomic mass is 10.2. The van der Waals surface area contributed by atoms with Crippen molar-refractivity contribution in [2.24, 2.45) is 0 Å². The van der Waals surface area contributed by atoms with Crippen LogP contribution in [-0.4, -0.2) is 59.3 Å². The molecule has 1 aliphatic carbocycles. The van der Waals surface area contributed by atoms with Crippen LogP contribution in [0.5, 0.6) is 5.75 Å². The van der Waals surface area contributed by atoms with Gasteiger partial charge in [-0.1, -0.05) is 24.6 Å². The molecule has 0 atom stereocenters. The van der Waals surface area contributed by atoms with Crippen molar-refractivity contribution < 1.29 is 17.9 Å². The molecular weight excluding hydrogens is 462 g/mol. The first-order chi connectivity index (χ1) is 15.9. The van der Waals surface area contributed by atoms with Crippen LogP contribution in [0.2, 0.25) is 0 Å². The zero-order valence-electron chi connectivity index (χ0n) is 19.1. The molecule has 2 fully saturated rings. The van der Waals surface area contributed by atoms with Crippen LogP contribution in [0.3, 0.4) is 0 Å². The number of carbonyl (C=O) groups is 1. The summed E-state index contributed by atoms with van der Waals surface area (Å²) in [6.07, 6.45) is 6.09. The van der Waals surface area contributed by atoms with E-state index >= 15 is 0 Å². The van der Waals surface area contributed by atoms with Gasteiger partial charge in [0, 0.05) is 25.6 Å². The van der Waals surface area contributed by atoms with Crippen LogP contribution in [-0.2, 0) is 21.4 Å². The Labute approximate surface area is 199 Å². The summed E-state index contributed by atoms with van der Waals surface area (Å²) < 4.78 is 35.3. The van der Waals surface area contributed by atoms with E-state index in [4.69, 9.17) is 4.74 Å². The van der Waals surface area contributed by atoms with E-state index in [1.165, 1.54) is 35.3 Å². The number of rotatable bonds is 9. The monoisotopic (exact) mass is 493 g/mol. The maximum atomic E-state index is 13.2. The van der Waals surface area contributed by atoms with Crippen LogP contribution in [0.1, 0.15) is 57.2 Å². The average molecular weight is 494 g/mol. The fraction of sp³-hybridized carbons (Fsp3) is 0.591. The molecule has 0 spiro atoms. The van der Waals surface area contributed by atoms with E-state index in [0.29, 0.717) is 30.4 Å². The summed E-state index contributed by atoms with van der Waals surface area (Å²) in [6.45, 7) is 3.84. The van der Waals surface area contributed by atoms with E-state index in [1.54, 1.807) is 6.07 Å². The number of benzene rings is 1. The first-order valence-electron chi connectivity index (χ1n) is 11.5. The molecule has 1 saturated carbocycles. The molecule has 33 heavy (non-hydrogen) atoms. The van der Waals surface area contributed by atoms with Crippen LogP contribution in [0, 0.1) is 0 Å². The molecule has 180 valence electrons. The predicted octanol–water partition coefficient (Wildman–Crippen LogP) is 3.48. The van der Waals surface area contributed by atoms with Crippen molar-refractivity contribution in [2.45, 2.75) is 68.0 Å². The van der Waals surface area contributed by atoms with Gasteiger partial charge < -0.3 is 14.6 Å². The molecule has 1 aromatic heterocycles. The van der Waals surface area contributed by atoms with Gasteiger partial charge in [0.2, 0.25) is 15.9 Å². The molecular formula is C22H31N5O4S2. The number of thioether (sulfide) groups is 1. The highest BCUT2D eigenvalue weighted by Gasteiger charge is 2.30. The fourth-order valence-corrected chi connectivity index (χ4v) is 6.39. The molecule has 2 aromatic rings. The first-order valence-corrected chi connectivity index (χ1v) is 13.9. The van der Waals surface area contributed by atoms with E-state index < -0.39 is 10.0 Å². The number of nitrogens with one attached hydrogen (secondary N) is 1. The maximum absolute atomic E-state index is 13.2. The Morgan fingerprint density at radius 2 is 1.91 bits per heavy atom. The minimum absolute atomic E-state index is 0.134. The summed E-state index contributed by atoms with van der Waals surface area (Å²) in [7, 11) is -2.14. The molecule has 1 amide bonds. The Morgan fingerprint density at radius 1 is 1.18 bits per heavy atom. The molecule has 0 radical (unpaired) electrons. The largest absolute Gasteiger partial charge is 0.495 e. The second-order valence-corrected chi connectivity index (χ2v) is 11.3. The third-order valence-electron chi connectivity index (χ3n) is 5.98. The number of aromatic nitrogens is 3. The zero-order chi connectivity index (χ0) is 23.4. The lowest BCUT2D eigenvalue weighted by Gasteiger charge is -2.21. The number of ether oxygens (including phenoxy) is 1. The lowest BCUT2D eigenvalue weighted by molar-refractivity contribution is -0.113. The van der Waals surface area contributed by atoms with Crippen LogP contribution in [0.15, 0.2) is 28.3 Å². The summed E-state index contributed by atoms with van der Waals surface area (Å²) in [6, 6.07) is 4.61. The van der Waals surface area contributed by atoms with Gasteiger partial charge in [-0.3, -0.25) is 4.79 Å². The van der Waals surface area contributed by atoms with E-state index in [2.05, 4.69) is 20.1 Å². The molecule has 9 nitrogen and oxygen atoms in total. The van der Waals surface area contributed by atoms with Gasteiger partial charge in [-0.15, -0.1) is 10.2 Å². The van der Waals surface area contributed by atoms with E-state index in [1.807, 2.05) is 6.92 Å². The molecule has 1 saturated heterocycles. The molecule has 2 aliphatic rings. The molecule has 11 heteroatoms. The van der Waals surface area contributed by atoms with Crippen molar-refractivity contribution in [1.29, 1.82) is 0 Å². The fourth-order valence-electron chi connectivity index (χ4n) is 4.04. The summed E-state index contributed by atoms with van der Waals surface area (Å²) >= 11 is 1.32. The topological polar surface area (TPSA) is 106 Å². The number of hydrogen-bond donors (Lipinski definition) is 1. The molecule has 1 aliphatic heterocycles. The summed E-state index contributed by atoms with van der Waals surface area (Å²) in [5, 5.41) is 12.1. The smallest absolute Gasteiger partial charge is 0.243 e. The van der Waals surface area contributed by atoms with E-state index in [0.717, 1.165) is 56.1 Å². The van der Waals surface area contributed by atoms with Crippen molar-refractivity contribution in [3.63, 3.8) is 0 Å². The van der Waals surface area contributed by atoms with Gasteiger partial charge in [-0.25, -0.2) is 8.42 Å². The average Bonchev–Trinajstić information content (AvgIpc) is 3.62. The predicted molar refractivity (Wildman–Crippen MR) is 127 cm³/mol. The highest BCUT2D eigenvalue weighted by molar-refractivity contribution is 7.99. The summed E-state index contributed by atoms with van der Waals surface area (Å²) in [5.41, 5.74) is 0.342. The molecule has 0 bridgehead atoms. The zero-order valence-corrected chi connectivity index (χ0v) is 20.8. The normalized spacial score (nSPS) is 17.5. The number of methoxy groups -OCH3 is 1. The van der Waals surface area contributed by atoms with Crippen molar-refractivity contribution >= 4 is 33.4 Å². The van der Waals surface area contributed by atoms with Crippen LogP contribution < -0.4 is 10.1 Å². The highest BCUT2D eigenvalue weighted by Crippen LogP contribution is 2.40. The van der Waals surface area contributed by atoms with Crippen LogP contribution >= 0.6 is 11.8 Å². The third-order valence-corrected chi connectivity index (χ3v) is 8.85. The number of nitrogens with zero attached hydrogens (tertiary/aromatic N) is 4. The Morgan fingerprint density at radius 3 is 2.55 bits per heavy atom. The van der Waals surface area contributed by atoms with Crippen molar-refractivity contribution in [1.82, 2.24) is 19.1 Å². The first kappa shape index (κ1) is 24.0. The molecule has 2 heterocycles. The van der Waals surface area contributed by atoms with Gasteiger partial charge in [0.25, 0.3) is 0 Å². The Hall–Kier alpha value is -2.11. The van der Waals surface area contributed by atoms with Gasteiger partial charge in [-0.2, -0.15) is 4.31 Å². The SMILES string of the molecule is CCn1c(SCC(=O)Nc2cc(S(=O)(=O)N3CCCCCC3)ccc2OC)nnc1C1CC1. The number of anilines is 1. The maximum Gasteiger partial charge on any atom is 0.243 e. The summed E-state index contributed by atoms with van der Waals surface area (Å²) in [4.78, 5) is 12.9. The number of hydrogen-bond acceptors (Lipinski definition) is 7. The second-order valence-electron chi connectivity index (χ2n) is 8.38. The van der Waals surface area contributed by atoms with E-state index in [9.17, 15) is 13.2 Å². The molecule has 4 rings (SSSR count). The number of carbonyl (C=O) groups excluding carboxylic acids is 1. The van der Waals surface area contributed by atoms with Crippen LogP contribution in [0.25, 0.3) is 0 Å². The van der Waals surface area contributed by atoms with Crippen molar-refractivity contribution in [3.8, 4) is 5.75 Å². The number of sulfonamides is 1. The molecule has 1 aromatic carbocycles. The summed E-state index contributed by atoms with van der Waals surface area (Å²) in [5.74, 6) is 1.76. The van der Waals surface area contributed by atoms with Gasteiger partial charge in [0.1, 0.15) is 11.6 Å². The standard InChI is InChI=1S/C22H31N5O4S2/c1-3-27-21(16-8-9-16)24-25-22(27)32-15-20(28)23-18-14-17(10-11-19(18)31-2)33(29,30)26-12-6-4-5-7-13-26/h10-11,14,16H,3-9,12-13,15H2,1-2H3,(H,23,28). The highest BCUT2D eigenvalue weighted by atomic mass is 32.2. The van der Waals surface area contributed by atoms with Crippen molar-refractivity contribution in [2.75, 3.05) is 31.3 Å². The Bertz CT molecular complexity index is 1090. The van der Waals surface area contributed by atoms with Gasteiger partial charge >= 0.3 is 0 Å².